The lowest BCUT2D eigenvalue weighted by molar-refractivity contribution is -0.117. The number of anilines is 1. The predicted octanol–water partition coefficient (Wildman–Crippen LogP) is 3.54. The van der Waals surface area contributed by atoms with Crippen molar-refractivity contribution in [3.63, 3.8) is 0 Å². The average molecular weight is 371 g/mol. The first-order chi connectivity index (χ1) is 11.1. The Balaban J connectivity index is 2.02. The number of nitrogens with zero attached hydrogens (tertiary/aromatic N) is 2. The average Bonchev–Trinajstić information content (AvgIpc) is 2.58. The highest BCUT2D eigenvalue weighted by Crippen LogP contribution is 2.13. The van der Waals surface area contributed by atoms with E-state index in [-0.39, 0.29) is 11.6 Å². The molecule has 0 saturated heterocycles. The molecule has 0 saturated carbocycles. The first-order valence-electron chi connectivity index (χ1n) is 6.94. The normalized spacial score (nSPS) is 12.1. The summed E-state index contributed by atoms with van der Waals surface area (Å²) in [5.41, 5.74) is 0.957. The van der Waals surface area contributed by atoms with Gasteiger partial charge in [0, 0.05) is 16.9 Å². The molecule has 5 nitrogen and oxygen atoms in total. The van der Waals surface area contributed by atoms with Gasteiger partial charge in [0.2, 0.25) is 0 Å². The summed E-state index contributed by atoms with van der Waals surface area (Å²) in [5, 5.41) is 14.8. The lowest BCUT2D eigenvalue weighted by Crippen LogP contribution is -2.28. The zero-order valence-electron chi connectivity index (χ0n) is 12.5. The number of hydrogen-bond acceptors (Lipinski definition) is 4. The fraction of sp³-hybridized carbons (Fsp3) is 0.118. The molecule has 2 rings (SSSR count). The van der Waals surface area contributed by atoms with Crippen LogP contribution in [0.3, 0.4) is 0 Å². The smallest absolute Gasteiger partial charge is 0.263 e. The van der Waals surface area contributed by atoms with Crippen LogP contribution in [0.15, 0.2) is 64.9 Å². The second kappa shape index (κ2) is 8.11. The highest BCUT2D eigenvalue weighted by atomic mass is 79.9. The number of nitriles is 1. The number of nitrogens with one attached hydrogen (secondary N) is 2. The van der Waals surface area contributed by atoms with Crippen LogP contribution in [0, 0.1) is 11.3 Å². The monoisotopic (exact) mass is 370 g/mol. The molecule has 23 heavy (non-hydrogen) atoms. The summed E-state index contributed by atoms with van der Waals surface area (Å²) in [7, 11) is 0. The number of carbonyl (C=O) groups is 1. The molecule has 6 heteroatoms. The third kappa shape index (κ3) is 4.94. The van der Waals surface area contributed by atoms with E-state index in [0.29, 0.717) is 5.82 Å². The van der Waals surface area contributed by atoms with E-state index in [9.17, 15) is 4.79 Å². The molecule has 0 aliphatic carbocycles. The number of pyridine rings is 1. The van der Waals surface area contributed by atoms with Crippen molar-refractivity contribution in [2.75, 3.05) is 5.32 Å². The highest BCUT2D eigenvalue weighted by molar-refractivity contribution is 9.10. The second-order valence-corrected chi connectivity index (χ2v) is 5.70. The van der Waals surface area contributed by atoms with Gasteiger partial charge < -0.3 is 10.6 Å². The number of rotatable bonds is 5. The van der Waals surface area contributed by atoms with Crippen molar-refractivity contribution in [3.05, 3.63) is 70.5 Å². The van der Waals surface area contributed by atoms with Crippen molar-refractivity contribution in [3.8, 4) is 6.07 Å². The summed E-state index contributed by atoms with van der Waals surface area (Å²) >= 11 is 3.29. The minimum atomic E-state index is -0.437. The lowest BCUT2D eigenvalue weighted by Gasteiger charge is -2.13. The summed E-state index contributed by atoms with van der Waals surface area (Å²) in [5.74, 6) is 0.110. The van der Waals surface area contributed by atoms with Gasteiger partial charge in [-0.3, -0.25) is 4.79 Å². The topological polar surface area (TPSA) is 77.8 Å². The summed E-state index contributed by atoms with van der Waals surface area (Å²) in [6.07, 6.45) is 2.98. The zero-order valence-corrected chi connectivity index (χ0v) is 14.0. The summed E-state index contributed by atoms with van der Waals surface area (Å²) in [4.78, 5) is 16.3. The van der Waals surface area contributed by atoms with Gasteiger partial charge in [0.25, 0.3) is 5.91 Å². The van der Waals surface area contributed by atoms with Gasteiger partial charge in [0.1, 0.15) is 17.5 Å². The SMILES string of the molecule is CC(NC(=O)/C(C#N)=C\Nc1ccc(Br)cn1)c1ccccc1. The first kappa shape index (κ1) is 16.7. The fourth-order valence-electron chi connectivity index (χ4n) is 1.86. The van der Waals surface area contributed by atoms with Crippen LogP contribution in [0.4, 0.5) is 5.82 Å². The van der Waals surface area contributed by atoms with E-state index in [1.807, 2.05) is 49.4 Å². The second-order valence-electron chi connectivity index (χ2n) is 4.78. The third-order valence-electron chi connectivity index (χ3n) is 3.10. The van der Waals surface area contributed by atoms with E-state index >= 15 is 0 Å². The maximum atomic E-state index is 12.2. The highest BCUT2D eigenvalue weighted by Gasteiger charge is 2.13. The van der Waals surface area contributed by atoms with Crippen molar-refractivity contribution in [1.82, 2.24) is 10.3 Å². The Morgan fingerprint density at radius 3 is 2.65 bits per heavy atom. The first-order valence-corrected chi connectivity index (χ1v) is 7.73. The van der Waals surface area contributed by atoms with E-state index in [1.54, 1.807) is 12.3 Å². The Morgan fingerprint density at radius 2 is 2.04 bits per heavy atom. The van der Waals surface area contributed by atoms with Crippen molar-refractivity contribution in [2.45, 2.75) is 13.0 Å². The Bertz CT molecular complexity index is 735. The minimum absolute atomic E-state index is 0.0162. The number of aromatic nitrogens is 1. The van der Waals surface area contributed by atoms with Crippen molar-refractivity contribution >= 4 is 27.7 Å². The van der Waals surface area contributed by atoms with Gasteiger partial charge in [0.05, 0.1) is 6.04 Å². The number of amides is 1. The Morgan fingerprint density at radius 1 is 1.30 bits per heavy atom. The van der Waals surface area contributed by atoms with Crippen molar-refractivity contribution in [2.24, 2.45) is 0 Å². The molecule has 1 heterocycles. The van der Waals surface area contributed by atoms with Crippen LogP contribution >= 0.6 is 15.9 Å². The molecule has 0 aliphatic heterocycles. The molecule has 0 aliphatic rings. The molecule has 1 aromatic carbocycles. The van der Waals surface area contributed by atoms with E-state index < -0.39 is 5.91 Å². The summed E-state index contributed by atoms with van der Waals surface area (Å²) in [6, 6.07) is 14.8. The van der Waals surface area contributed by atoms with Crippen molar-refractivity contribution < 1.29 is 4.79 Å². The van der Waals surface area contributed by atoms with Crippen LogP contribution in [0.5, 0.6) is 0 Å². The van der Waals surface area contributed by atoms with Crippen LogP contribution in [0.2, 0.25) is 0 Å². The van der Waals surface area contributed by atoms with E-state index in [4.69, 9.17) is 5.26 Å². The largest absolute Gasteiger partial charge is 0.345 e. The maximum Gasteiger partial charge on any atom is 0.263 e. The lowest BCUT2D eigenvalue weighted by atomic mass is 10.1. The van der Waals surface area contributed by atoms with E-state index in [1.165, 1.54) is 6.20 Å². The molecule has 1 amide bonds. The number of halogens is 1. The quantitative estimate of drug-likeness (QED) is 0.623. The summed E-state index contributed by atoms with van der Waals surface area (Å²) in [6.45, 7) is 1.87. The van der Waals surface area contributed by atoms with Gasteiger partial charge in [-0.25, -0.2) is 4.98 Å². The van der Waals surface area contributed by atoms with Crippen LogP contribution in [0.25, 0.3) is 0 Å². The Hall–Kier alpha value is -2.65. The predicted molar refractivity (Wildman–Crippen MR) is 92.3 cm³/mol. The fourth-order valence-corrected chi connectivity index (χ4v) is 2.09. The molecule has 0 radical (unpaired) electrons. The summed E-state index contributed by atoms with van der Waals surface area (Å²) < 4.78 is 0.849. The Kier molecular flexibility index (Phi) is 5.89. The number of benzene rings is 1. The van der Waals surface area contributed by atoms with Crippen LogP contribution in [0.1, 0.15) is 18.5 Å². The molecule has 2 aromatic rings. The molecule has 1 unspecified atom stereocenters. The van der Waals surface area contributed by atoms with Gasteiger partial charge >= 0.3 is 0 Å². The third-order valence-corrected chi connectivity index (χ3v) is 3.57. The maximum absolute atomic E-state index is 12.2. The molecule has 1 atom stereocenters. The van der Waals surface area contributed by atoms with E-state index in [0.717, 1.165) is 10.0 Å². The van der Waals surface area contributed by atoms with Gasteiger partial charge in [-0.05, 0) is 40.5 Å². The van der Waals surface area contributed by atoms with Gasteiger partial charge in [-0.1, -0.05) is 30.3 Å². The molecule has 0 bridgehead atoms. The van der Waals surface area contributed by atoms with E-state index in [2.05, 4.69) is 31.5 Å². The number of hydrogen-bond donors (Lipinski definition) is 2. The minimum Gasteiger partial charge on any atom is -0.345 e. The Labute approximate surface area is 143 Å². The molecule has 0 fully saturated rings. The molecule has 1 aromatic heterocycles. The molecule has 2 N–H and O–H groups in total. The van der Waals surface area contributed by atoms with Crippen molar-refractivity contribution in [1.29, 1.82) is 5.26 Å². The standard InChI is InChI=1S/C17H15BrN4O/c1-12(13-5-3-2-4-6-13)22-17(23)14(9-19)10-20-16-8-7-15(18)11-21-16/h2-8,10-12H,1H3,(H,20,21)(H,22,23)/b14-10-. The van der Waals surface area contributed by atoms with Gasteiger partial charge in [-0.2, -0.15) is 5.26 Å². The zero-order chi connectivity index (χ0) is 16.7. The van der Waals surface area contributed by atoms with Gasteiger partial charge in [-0.15, -0.1) is 0 Å². The number of carbonyl (C=O) groups excluding carboxylic acids is 1. The van der Waals surface area contributed by atoms with Crippen LogP contribution < -0.4 is 10.6 Å². The van der Waals surface area contributed by atoms with Crippen LogP contribution in [-0.2, 0) is 4.79 Å². The molecule has 116 valence electrons. The molecule has 0 spiro atoms. The van der Waals surface area contributed by atoms with Gasteiger partial charge in [0.15, 0.2) is 0 Å². The molecular weight excluding hydrogens is 356 g/mol. The molecular formula is C17H15BrN4O. The van der Waals surface area contributed by atoms with Crippen LogP contribution in [-0.4, -0.2) is 10.9 Å².